The van der Waals surface area contributed by atoms with Crippen molar-refractivity contribution in [1.82, 2.24) is 0 Å². The number of nitriles is 1. The van der Waals surface area contributed by atoms with Crippen LogP contribution >= 0.6 is 15.9 Å². The molecule has 2 aromatic rings. The summed E-state index contributed by atoms with van der Waals surface area (Å²) in [7, 11) is 2.47. The Labute approximate surface area is 212 Å². The number of benzene rings is 2. The number of hydrogen-bond donors (Lipinski definition) is 1. The molecule has 0 amide bonds. The Hall–Kier alpha value is -3.77. The van der Waals surface area contributed by atoms with E-state index in [1.54, 1.807) is 30.3 Å². The Morgan fingerprint density at radius 2 is 1.69 bits per heavy atom. The van der Waals surface area contributed by atoms with Crippen molar-refractivity contribution in [2.75, 3.05) is 37.1 Å². The maximum Gasteiger partial charge on any atom is 0.355 e. The van der Waals surface area contributed by atoms with Gasteiger partial charge in [-0.1, -0.05) is 46.3 Å². The van der Waals surface area contributed by atoms with E-state index >= 15 is 0 Å². The number of allylic oxidation sites excluding steroid dienone is 1. The van der Waals surface area contributed by atoms with Crippen LogP contribution in [0.4, 0.5) is 11.4 Å². The van der Waals surface area contributed by atoms with Gasteiger partial charge in [0.1, 0.15) is 11.5 Å². The van der Waals surface area contributed by atoms with Crippen LogP contribution < -0.4 is 15.5 Å². The van der Waals surface area contributed by atoms with Gasteiger partial charge in [0, 0.05) is 17.6 Å². The number of rotatable bonds is 5. The Bertz CT molecular complexity index is 1260. The first-order valence-electron chi connectivity index (χ1n) is 11.1. The second-order valence-electron chi connectivity index (χ2n) is 8.16. The molecule has 4 rings (SSSR count). The van der Waals surface area contributed by atoms with E-state index in [0.717, 1.165) is 36.1 Å². The number of carbonyl (C=O) groups excluding carboxylic acids is 2. The zero-order chi connectivity index (χ0) is 25.1. The first-order chi connectivity index (χ1) is 16.9. The van der Waals surface area contributed by atoms with Crippen LogP contribution in [0.15, 0.2) is 75.7 Å². The van der Waals surface area contributed by atoms with Gasteiger partial charge in [-0.25, -0.2) is 9.59 Å². The van der Waals surface area contributed by atoms with Gasteiger partial charge in [0.2, 0.25) is 0 Å². The van der Waals surface area contributed by atoms with Crippen molar-refractivity contribution in [3.05, 3.63) is 81.2 Å². The third kappa shape index (κ3) is 4.37. The lowest BCUT2D eigenvalue weighted by Crippen LogP contribution is -2.41. The maximum absolute atomic E-state index is 13.3. The highest BCUT2D eigenvalue weighted by Crippen LogP contribution is 2.46. The number of halogens is 1. The fourth-order valence-electron chi connectivity index (χ4n) is 4.66. The molecule has 9 heteroatoms. The van der Waals surface area contributed by atoms with E-state index in [9.17, 15) is 14.9 Å². The molecule has 1 atom stereocenters. The molecule has 8 nitrogen and oxygen atoms in total. The molecule has 2 aliphatic heterocycles. The summed E-state index contributed by atoms with van der Waals surface area (Å²) in [6.07, 6.45) is 2.06. The molecule has 2 N–H and O–H groups in total. The fraction of sp³-hybridized carbons (Fsp3) is 0.269. The van der Waals surface area contributed by atoms with Crippen molar-refractivity contribution in [3.8, 4) is 6.07 Å². The number of methoxy groups -OCH3 is 2. The van der Waals surface area contributed by atoms with Gasteiger partial charge in [0.05, 0.1) is 48.7 Å². The van der Waals surface area contributed by atoms with Crippen molar-refractivity contribution in [3.63, 3.8) is 0 Å². The first-order valence-corrected chi connectivity index (χ1v) is 11.9. The Morgan fingerprint density at radius 1 is 1.03 bits per heavy atom. The molecule has 0 spiro atoms. The van der Waals surface area contributed by atoms with Crippen LogP contribution in [-0.2, 0) is 19.1 Å². The first kappa shape index (κ1) is 24.4. The lowest BCUT2D eigenvalue weighted by molar-refractivity contribution is -0.139. The average molecular weight is 537 g/mol. The smallest absolute Gasteiger partial charge is 0.355 e. The molecule has 0 aliphatic carbocycles. The topological polar surface area (TPSA) is 109 Å². The molecule has 2 aliphatic rings. The molecule has 0 radical (unpaired) electrons. The van der Waals surface area contributed by atoms with Crippen LogP contribution in [0.3, 0.4) is 0 Å². The molecule has 1 saturated heterocycles. The summed E-state index contributed by atoms with van der Waals surface area (Å²) in [6.45, 7) is 1.67. The van der Waals surface area contributed by atoms with E-state index in [-0.39, 0.29) is 22.7 Å². The summed E-state index contributed by atoms with van der Waals surface area (Å²) in [5, 5.41) is 10.2. The van der Waals surface area contributed by atoms with E-state index in [4.69, 9.17) is 15.2 Å². The molecular formula is C26H25BrN4O4. The second-order valence-corrected chi connectivity index (χ2v) is 9.08. The van der Waals surface area contributed by atoms with Gasteiger partial charge in [-0.2, -0.15) is 5.26 Å². The molecule has 2 heterocycles. The third-order valence-electron chi connectivity index (χ3n) is 6.24. The van der Waals surface area contributed by atoms with Gasteiger partial charge in [0.15, 0.2) is 0 Å². The van der Waals surface area contributed by atoms with Gasteiger partial charge < -0.3 is 20.1 Å². The highest BCUT2D eigenvalue weighted by molar-refractivity contribution is 9.10. The van der Waals surface area contributed by atoms with E-state index < -0.39 is 17.9 Å². The normalized spacial score (nSPS) is 17.9. The van der Waals surface area contributed by atoms with Gasteiger partial charge >= 0.3 is 11.9 Å². The Balaban J connectivity index is 2.06. The van der Waals surface area contributed by atoms with Crippen LogP contribution in [-0.4, -0.2) is 39.2 Å². The van der Waals surface area contributed by atoms with Gasteiger partial charge in [-0.05, 0) is 36.6 Å². The molecule has 0 saturated carbocycles. The minimum Gasteiger partial charge on any atom is -0.466 e. The number of nitrogens with two attached hydrogens (primary N) is 1. The highest BCUT2D eigenvalue weighted by Gasteiger charge is 2.43. The van der Waals surface area contributed by atoms with E-state index in [0.29, 0.717) is 11.3 Å². The van der Waals surface area contributed by atoms with Crippen LogP contribution in [0.1, 0.15) is 24.3 Å². The zero-order valence-corrected chi connectivity index (χ0v) is 21.0. The standard InChI is InChI=1S/C26H25BrN4O4/c1-34-25(32)22-21(16-8-4-3-5-9-16)18(15-28)24(29)31(23(22)26(33)35-2)19-11-10-17(27)14-20(19)30-12-6-7-13-30/h3-5,8-11,14,21H,6-7,12-13,29H2,1-2H3. The quantitative estimate of drug-likeness (QED) is 0.572. The van der Waals surface area contributed by atoms with Crippen LogP contribution in [0.5, 0.6) is 0 Å². The molecule has 2 aromatic carbocycles. The number of esters is 2. The number of anilines is 2. The highest BCUT2D eigenvalue weighted by atomic mass is 79.9. The van der Waals surface area contributed by atoms with Gasteiger partial charge in [-0.3, -0.25) is 4.90 Å². The predicted octanol–water partition coefficient (Wildman–Crippen LogP) is 3.95. The summed E-state index contributed by atoms with van der Waals surface area (Å²) in [5.74, 6) is -2.35. The molecule has 1 fully saturated rings. The summed E-state index contributed by atoms with van der Waals surface area (Å²) in [4.78, 5) is 30.1. The molecule has 35 heavy (non-hydrogen) atoms. The Morgan fingerprint density at radius 3 is 2.29 bits per heavy atom. The van der Waals surface area contributed by atoms with Crippen molar-refractivity contribution in [1.29, 1.82) is 5.26 Å². The van der Waals surface area contributed by atoms with Crippen molar-refractivity contribution >= 4 is 39.2 Å². The number of hydrogen-bond acceptors (Lipinski definition) is 8. The number of ether oxygens (including phenoxy) is 2. The molecule has 0 aromatic heterocycles. The summed E-state index contributed by atoms with van der Waals surface area (Å²) >= 11 is 3.53. The van der Waals surface area contributed by atoms with Crippen molar-refractivity contribution < 1.29 is 19.1 Å². The number of carbonyl (C=O) groups is 2. The van der Waals surface area contributed by atoms with Crippen LogP contribution in [0, 0.1) is 11.3 Å². The summed E-state index contributed by atoms with van der Waals surface area (Å²) in [5.41, 5.74) is 8.71. The Kier molecular flexibility index (Phi) is 7.12. The van der Waals surface area contributed by atoms with E-state index in [2.05, 4.69) is 26.9 Å². The SMILES string of the molecule is COC(=O)C1=C(C(=O)OC)N(c2ccc(Br)cc2N2CCCC2)C(N)=C(C#N)C1c1ccccc1. The van der Waals surface area contributed by atoms with Crippen molar-refractivity contribution in [2.45, 2.75) is 18.8 Å². The molecule has 1 unspecified atom stereocenters. The van der Waals surface area contributed by atoms with Gasteiger partial charge in [0.25, 0.3) is 0 Å². The van der Waals surface area contributed by atoms with Gasteiger partial charge in [-0.15, -0.1) is 0 Å². The largest absolute Gasteiger partial charge is 0.466 e. The molecule has 0 bridgehead atoms. The summed E-state index contributed by atoms with van der Waals surface area (Å²) < 4.78 is 11.1. The minimum absolute atomic E-state index is 0.00779. The maximum atomic E-state index is 13.3. The number of nitrogens with zero attached hydrogens (tertiary/aromatic N) is 3. The van der Waals surface area contributed by atoms with E-state index in [1.807, 2.05) is 18.2 Å². The van der Waals surface area contributed by atoms with Crippen LogP contribution in [0.25, 0.3) is 0 Å². The molecular weight excluding hydrogens is 512 g/mol. The molecule has 180 valence electrons. The lowest BCUT2D eigenvalue weighted by Gasteiger charge is -2.37. The average Bonchev–Trinajstić information content (AvgIpc) is 3.42. The third-order valence-corrected chi connectivity index (χ3v) is 6.73. The second kappa shape index (κ2) is 10.2. The monoisotopic (exact) mass is 536 g/mol. The minimum atomic E-state index is -0.898. The zero-order valence-electron chi connectivity index (χ0n) is 19.5. The predicted molar refractivity (Wildman–Crippen MR) is 135 cm³/mol. The lowest BCUT2D eigenvalue weighted by atomic mass is 9.81. The summed E-state index contributed by atoms with van der Waals surface area (Å²) in [6, 6.07) is 16.7. The van der Waals surface area contributed by atoms with Crippen LogP contribution in [0.2, 0.25) is 0 Å². The fourth-order valence-corrected chi connectivity index (χ4v) is 5.01. The van der Waals surface area contributed by atoms with Crippen molar-refractivity contribution in [2.24, 2.45) is 5.73 Å². The van der Waals surface area contributed by atoms with E-state index in [1.165, 1.54) is 19.1 Å².